The van der Waals surface area contributed by atoms with Gasteiger partial charge in [0.1, 0.15) is 0 Å². The van der Waals surface area contributed by atoms with Gasteiger partial charge in [-0.15, -0.1) is 0 Å². The fourth-order valence-corrected chi connectivity index (χ4v) is 2.87. The molecule has 100 valence electrons. The minimum absolute atomic E-state index is 0.236. The fourth-order valence-electron chi connectivity index (χ4n) is 1.30. The second-order valence-electron chi connectivity index (χ2n) is 3.46. The summed E-state index contributed by atoms with van der Waals surface area (Å²) in [5, 5.41) is 7.84. The molecule has 17 heavy (non-hydrogen) atoms. The lowest BCUT2D eigenvalue weighted by molar-refractivity contribution is 0.150. The van der Waals surface area contributed by atoms with Crippen LogP contribution in [0.5, 0.6) is 0 Å². The molecule has 0 N–H and O–H groups in total. The number of nitrogens with zero attached hydrogens (tertiary/aromatic N) is 2. The third-order valence-electron chi connectivity index (χ3n) is 2.32. The quantitative estimate of drug-likeness (QED) is 0.595. The molecule has 0 aliphatic rings. The van der Waals surface area contributed by atoms with Crippen LogP contribution < -0.4 is 0 Å². The number of rotatable bonds is 9. The zero-order valence-electron chi connectivity index (χ0n) is 10.5. The van der Waals surface area contributed by atoms with Crippen molar-refractivity contribution in [1.82, 2.24) is 4.31 Å². The van der Waals surface area contributed by atoms with Crippen LogP contribution in [0.15, 0.2) is 0 Å². The standard InChI is InChI=1S/C10H20N2O4S/c1-4-10(9-11)17(13,14)12(5-7-15-2)6-8-16-3/h10H,4-8H2,1-3H3. The van der Waals surface area contributed by atoms with Crippen molar-refractivity contribution >= 4 is 10.0 Å². The highest BCUT2D eigenvalue weighted by atomic mass is 32.2. The Balaban J connectivity index is 4.81. The summed E-state index contributed by atoms with van der Waals surface area (Å²) < 4.78 is 35.2. The van der Waals surface area contributed by atoms with Gasteiger partial charge >= 0.3 is 0 Å². The first-order chi connectivity index (χ1) is 8.04. The number of ether oxygens (including phenoxy) is 2. The summed E-state index contributed by atoms with van der Waals surface area (Å²) in [5.74, 6) is 0. The van der Waals surface area contributed by atoms with Crippen LogP contribution in [0, 0.1) is 11.3 Å². The summed E-state index contributed by atoms with van der Waals surface area (Å²) in [7, 11) is -0.590. The van der Waals surface area contributed by atoms with Crippen LogP contribution in [0.25, 0.3) is 0 Å². The summed E-state index contributed by atoms with van der Waals surface area (Å²) in [4.78, 5) is 0. The Kier molecular flexibility index (Phi) is 8.08. The summed E-state index contributed by atoms with van der Waals surface area (Å²) in [6.45, 7) is 2.74. The van der Waals surface area contributed by atoms with Gasteiger partial charge in [-0.25, -0.2) is 8.42 Å². The van der Waals surface area contributed by atoms with E-state index in [0.717, 1.165) is 0 Å². The van der Waals surface area contributed by atoms with Gasteiger partial charge in [0.15, 0.2) is 5.25 Å². The van der Waals surface area contributed by atoms with Crippen molar-refractivity contribution in [2.75, 3.05) is 40.5 Å². The molecular weight excluding hydrogens is 244 g/mol. The third-order valence-corrected chi connectivity index (χ3v) is 4.57. The van der Waals surface area contributed by atoms with Gasteiger partial charge in [-0.3, -0.25) is 0 Å². The molecule has 1 atom stereocenters. The van der Waals surface area contributed by atoms with Gasteiger partial charge in [-0.1, -0.05) is 6.92 Å². The molecule has 0 amide bonds. The van der Waals surface area contributed by atoms with E-state index in [1.807, 2.05) is 6.07 Å². The fraction of sp³-hybridized carbons (Fsp3) is 0.900. The lowest BCUT2D eigenvalue weighted by Crippen LogP contribution is -2.41. The molecule has 0 aromatic heterocycles. The van der Waals surface area contributed by atoms with E-state index in [4.69, 9.17) is 14.7 Å². The number of nitriles is 1. The predicted molar refractivity (Wildman–Crippen MR) is 63.9 cm³/mol. The highest BCUT2D eigenvalue weighted by molar-refractivity contribution is 7.90. The topological polar surface area (TPSA) is 79.6 Å². The van der Waals surface area contributed by atoms with Gasteiger partial charge in [-0.2, -0.15) is 9.57 Å². The van der Waals surface area contributed by atoms with Gasteiger partial charge in [0, 0.05) is 27.3 Å². The molecule has 0 aliphatic heterocycles. The lowest BCUT2D eigenvalue weighted by Gasteiger charge is -2.23. The molecule has 7 heteroatoms. The van der Waals surface area contributed by atoms with E-state index in [2.05, 4.69) is 0 Å². The molecule has 0 radical (unpaired) electrons. The number of methoxy groups -OCH3 is 2. The Morgan fingerprint density at radius 2 is 1.71 bits per heavy atom. The second-order valence-corrected chi connectivity index (χ2v) is 5.57. The van der Waals surface area contributed by atoms with E-state index < -0.39 is 15.3 Å². The van der Waals surface area contributed by atoms with Crippen LogP contribution in [0.1, 0.15) is 13.3 Å². The lowest BCUT2D eigenvalue weighted by atomic mass is 10.4. The smallest absolute Gasteiger partial charge is 0.230 e. The highest BCUT2D eigenvalue weighted by Gasteiger charge is 2.30. The summed E-state index contributed by atoms with van der Waals surface area (Å²) >= 11 is 0. The minimum atomic E-state index is -3.60. The second kappa shape index (κ2) is 8.42. The Hall–Kier alpha value is -0.680. The molecule has 0 spiro atoms. The van der Waals surface area contributed by atoms with E-state index in [1.165, 1.54) is 18.5 Å². The molecule has 0 saturated carbocycles. The van der Waals surface area contributed by atoms with Gasteiger partial charge in [-0.05, 0) is 6.42 Å². The summed E-state index contributed by atoms with van der Waals surface area (Å²) in [6, 6.07) is 1.81. The monoisotopic (exact) mass is 264 g/mol. The third kappa shape index (κ3) is 5.00. The van der Waals surface area contributed by atoms with Crippen LogP contribution in [0.4, 0.5) is 0 Å². The Labute approximate surface area is 103 Å². The average Bonchev–Trinajstić information content (AvgIpc) is 2.30. The molecule has 0 aromatic carbocycles. The van der Waals surface area contributed by atoms with Gasteiger partial charge < -0.3 is 9.47 Å². The largest absolute Gasteiger partial charge is 0.383 e. The molecule has 0 aliphatic carbocycles. The first-order valence-corrected chi connectivity index (χ1v) is 6.91. The van der Waals surface area contributed by atoms with Crippen molar-refractivity contribution < 1.29 is 17.9 Å². The molecular formula is C10H20N2O4S. The number of hydrogen-bond donors (Lipinski definition) is 0. The molecule has 0 heterocycles. The van der Waals surface area contributed by atoms with Crippen molar-refractivity contribution in [2.24, 2.45) is 0 Å². The SMILES string of the molecule is CCC(C#N)S(=O)(=O)N(CCOC)CCOC. The molecule has 0 fully saturated rings. The van der Waals surface area contributed by atoms with E-state index in [1.54, 1.807) is 6.92 Å². The molecule has 0 aromatic rings. The normalized spacial score (nSPS) is 13.6. The van der Waals surface area contributed by atoms with E-state index >= 15 is 0 Å². The molecule has 6 nitrogen and oxygen atoms in total. The van der Waals surface area contributed by atoms with Crippen LogP contribution in [-0.2, 0) is 19.5 Å². The van der Waals surface area contributed by atoms with Crippen LogP contribution in [0.3, 0.4) is 0 Å². The van der Waals surface area contributed by atoms with Crippen LogP contribution in [0.2, 0.25) is 0 Å². The Bertz CT molecular complexity index is 329. The van der Waals surface area contributed by atoms with Crippen molar-refractivity contribution in [2.45, 2.75) is 18.6 Å². The predicted octanol–water partition coefficient (Wildman–Crippen LogP) is 0.213. The van der Waals surface area contributed by atoms with Crippen molar-refractivity contribution in [3.8, 4) is 6.07 Å². The molecule has 1 unspecified atom stereocenters. The summed E-state index contributed by atoms with van der Waals surface area (Å²) in [5.41, 5.74) is 0. The Morgan fingerprint density at radius 3 is 2.00 bits per heavy atom. The highest BCUT2D eigenvalue weighted by Crippen LogP contribution is 2.11. The zero-order chi connectivity index (χ0) is 13.3. The first kappa shape index (κ1) is 16.3. The van der Waals surface area contributed by atoms with E-state index in [9.17, 15) is 8.42 Å². The van der Waals surface area contributed by atoms with Crippen molar-refractivity contribution in [3.05, 3.63) is 0 Å². The van der Waals surface area contributed by atoms with E-state index in [0.29, 0.717) is 13.2 Å². The molecule has 0 rings (SSSR count). The maximum absolute atomic E-state index is 12.1. The van der Waals surface area contributed by atoms with E-state index in [-0.39, 0.29) is 19.5 Å². The zero-order valence-corrected chi connectivity index (χ0v) is 11.4. The van der Waals surface area contributed by atoms with Gasteiger partial charge in [0.2, 0.25) is 10.0 Å². The van der Waals surface area contributed by atoms with Gasteiger partial charge in [0.25, 0.3) is 0 Å². The molecule has 0 saturated heterocycles. The number of hydrogen-bond acceptors (Lipinski definition) is 5. The summed E-state index contributed by atoms with van der Waals surface area (Å²) in [6.07, 6.45) is 0.273. The van der Waals surface area contributed by atoms with Crippen molar-refractivity contribution in [1.29, 1.82) is 5.26 Å². The minimum Gasteiger partial charge on any atom is -0.383 e. The Morgan fingerprint density at radius 1 is 1.24 bits per heavy atom. The maximum atomic E-state index is 12.1. The van der Waals surface area contributed by atoms with Gasteiger partial charge in [0.05, 0.1) is 19.3 Å². The molecule has 0 bridgehead atoms. The van der Waals surface area contributed by atoms with Crippen LogP contribution >= 0.6 is 0 Å². The average molecular weight is 264 g/mol. The van der Waals surface area contributed by atoms with Crippen molar-refractivity contribution in [3.63, 3.8) is 0 Å². The maximum Gasteiger partial charge on any atom is 0.230 e. The number of sulfonamides is 1. The first-order valence-electron chi connectivity index (χ1n) is 5.41. The van der Waals surface area contributed by atoms with Crippen LogP contribution in [-0.4, -0.2) is 58.5 Å².